The van der Waals surface area contributed by atoms with E-state index in [2.05, 4.69) is 0 Å². The van der Waals surface area contributed by atoms with Crippen LogP contribution in [0.4, 0.5) is 10.5 Å². The van der Waals surface area contributed by atoms with E-state index in [0.717, 1.165) is 10.5 Å². The van der Waals surface area contributed by atoms with Crippen molar-refractivity contribution in [1.29, 1.82) is 0 Å². The molecular weight excluding hydrogens is 222 g/mol. The highest BCUT2D eigenvalue weighted by Gasteiger charge is 2.29. The van der Waals surface area contributed by atoms with Gasteiger partial charge >= 0.3 is 6.03 Å². The lowest BCUT2D eigenvalue weighted by molar-refractivity contribution is -0.120. The predicted octanol–water partition coefficient (Wildman–Crippen LogP) is -0.00810. The molecule has 0 aliphatic carbocycles. The number of carbonyl (C=O) groups excluding carboxylic acids is 2. The minimum atomic E-state index is -0.801. The first-order valence-electron chi connectivity index (χ1n) is 5.21. The molecule has 0 aromatic heterocycles. The number of hydrogen-bond donors (Lipinski definition) is 2. The number of carbonyl (C=O) groups is 2. The van der Waals surface area contributed by atoms with Gasteiger partial charge in [-0.25, -0.2) is 9.69 Å². The molecule has 0 bridgehead atoms. The van der Waals surface area contributed by atoms with Crippen molar-refractivity contribution in [3.8, 4) is 5.75 Å². The SMILES string of the molecule is NCCc1ccc2c(c1)N(C(N)=O)C(=O)CO2. The van der Waals surface area contributed by atoms with Gasteiger partial charge in [0.05, 0.1) is 5.69 Å². The van der Waals surface area contributed by atoms with Crippen molar-refractivity contribution in [3.63, 3.8) is 0 Å². The highest BCUT2D eigenvalue weighted by Crippen LogP contribution is 2.32. The van der Waals surface area contributed by atoms with Crippen LogP contribution in [0.3, 0.4) is 0 Å². The Labute approximate surface area is 98.1 Å². The van der Waals surface area contributed by atoms with Crippen molar-refractivity contribution in [2.45, 2.75) is 6.42 Å². The van der Waals surface area contributed by atoms with E-state index in [-0.39, 0.29) is 6.61 Å². The summed E-state index contributed by atoms with van der Waals surface area (Å²) in [5, 5.41) is 0. The summed E-state index contributed by atoms with van der Waals surface area (Å²) in [5.41, 5.74) is 12.0. The van der Waals surface area contributed by atoms with Crippen LogP contribution in [0, 0.1) is 0 Å². The molecule has 4 N–H and O–H groups in total. The average Bonchev–Trinajstić information content (AvgIpc) is 2.28. The van der Waals surface area contributed by atoms with Gasteiger partial charge in [0.1, 0.15) is 5.75 Å². The van der Waals surface area contributed by atoms with Crippen LogP contribution < -0.4 is 21.1 Å². The van der Waals surface area contributed by atoms with Gasteiger partial charge in [0.15, 0.2) is 6.61 Å². The van der Waals surface area contributed by atoms with Crippen molar-refractivity contribution in [2.24, 2.45) is 11.5 Å². The summed E-state index contributed by atoms with van der Waals surface area (Å²) < 4.78 is 5.22. The smallest absolute Gasteiger partial charge is 0.326 e. The Hall–Kier alpha value is -2.08. The number of amides is 3. The number of anilines is 1. The molecule has 0 unspecified atom stereocenters. The van der Waals surface area contributed by atoms with E-state index in [1.807, 2.05) is 6.07 Å². The van der Waals surface area contributed by atoms with Crippen molar-refractivity contribution in [3.05, 3.63) is 23.8 Å². The van der Waals surface area contributed by atoms with E-state index in [1.165, 1.54) is 0 Å². The molecule has 0 saturated carbocycles. The fraction of sp³-hybridized carbons (Fsp3) is 0.273. The second-order valence-corrected chi connectivity index (χ2v) is 3.70. The lowest BCUT2D eigenvalue weighted by atomic mass is 10.1. The number of imide groups is 1. The Morgan fingerprint density at radius 2 is 2.24 bits per heavy atom. The van der Waals surface area contributed by atoms with Gasteiger partial charge in [-0.2, -0.15) is 0 Å². The average molecular weight is 235 g/mol. The van der Waals surface area contributed by atoms with Crippen LogP contribution in [0.1, 0.15) is 5.56 Å². The Kier molecular flexibility index (Phi) is 2.97. The quantitative estimate of drug-likeness (QED) is 0.753. The van der Waals surface area contributed by atoms with Gasteiger partial charge in [-0.15, -0.1) is 0 Å². The maximum atomic E-state index is 11.5. The fourth-order valence-electron chi connectivity index (χ4n) is 1.76. The van der Waals surface area contributed by atoms with E-state index in [1.54, 1.807) is 12.1 Å². The van der Waals surface area contributed by atoms with Crippen molar-refractivity contribution >= 4 is 17.6 Å². The molecule has 1 aliphatic rings. The number of hydrogen-bond acceptors (Lipinski definition) is 4. The molecule has 17 heavy (non-hydrogen) atoms. The minimum Gasteiger partial charge on any atom is -0.482 e. The zero-order valence-corrected chi connectivity index (χ0v) is 9.18. The van der Waals surface area contributed by atoms with Crippen LogP contribution in [0.2, 0.25) is 0 Å². The monoisotopic (exact) mass is 235 g/mol. The van der Waals surface area contributed by atoms with Crippen LogP contribution in [-0.2, 0) is 11.2 Å². The molecule has 1 aromatic carbocycles. The topological polar surface area (TPSA) is 98.6 Å². The van der Waals surface area contributed by atoms with Gasteiger partial charge < -0.3 is 16.2 Å². The Balaban J connectivity index is 2.45. The number of nitrogens with zero attached hydrogens (tertiary/aromatic N) is 1. The van der Waals surface area contributed by atoms with Crippen LogP contribution in [0.15, 0.2) is 18.2 Å². The predicted molar refractivity (Wildman–Crippen MR) is 61.8 cm³/mol. The van der Waals surface area contributed by atoms with E-state index < -0.39 is 11.9 Å². The van der Waals surface area contributed by atoms with Gasteiger partial charge in [-0.3, -0.25) is 4.79 Å². The minimum absolute atomic E-state index is 0.174. The Bertz CT molecular complexity index is 473. The molecule has 0 fully saturated rings. The molecule has 6 heteroatoms. The number of ether oxygens (including phenoxy) is 1. The van der Waals surface area contributed by atoms with E-state index in [0.29, 0.717) is 24.4 Å². The van der Waals surface area contributed by atoms with Crippen LogP contribution >= 0.6 is 0 Å². The molecule has 2 rings (SSSR count). The standard InChI is InChI=1S/C11H13N3O3/c12-4-3-7-1-2-9-8(5-7)14(11(13)16)10(15)6-17-9/h1-2,5H,3-4,6,12H2,(H2,13,16). The molecular formula is C11H13N3O3. The zero-order chi connectivity index (χ0) is 12.4. The number of fused-ring (bicyclic) bond motifs is 1. The summed E-state index contributed by atoms with van der Waals surface area (Å²) in [6.45, 7) is 0.316. The number of urea groups is 1. The maximum Gasteiger partial charge on any atom is 0.326 e. The second kappa shape index (κ2) is 4.42. The van der Waals surface area contributed by atoms with Gasteiger partial charge in [0.25, 0.3) is 5.91 Å². The number of nitrogens with two attached hydrogens (primary N) is 2. The molecule has 3 amide bonds. The zero-order valence-electron chi connectivity index (χ0n) is 9.18. The second-order valence-electron chi connectivity index (χ2n) is 3.70. The lowest BCUT2D eigenvalue weighted by Gasteiger charge is -2.26. The van der Waals surface area contributed by atoms with Crippen molar-refractivity contribution in [1.82, 2.24) is 0 Å². The lowest BCUT2D eigenvalue weighted by Crippen LogP contribution is -2.46. The van der Waals surface area contributed by atoms with E-state index in [9.17, 15) is 9.59 Å². The van der Waals surface area contributed by atoms with Gasteiger partial charge in [0.2, 0.25) is 0 Å². The van der Waals surface area contributed by atoms with Gasteiger partial charge in [0, 0.05) is 0 Å². The first-order valence-corrected chi connectivity index (χ1v) is 5.21. The van der Waals surface area contributed by atoms with Gasteiger partial charge in [-0.05, 0) is 30.7 Å². The van der Waals surface area contributed by atoms with E-state index in [4.69, 9.17) is 16.2 Å². The van der Waals surface area contributed by atoms with Crippen LogP contribution in [0.5, 0.6) is 5.75 Å². The number of benzene rings is 1. The highest BCUT2D eigenvalue weighted by molar-refractivity contribution is 6.16. The van der Waals surface area contributed by atoms with Crippen molar-refractivity contribution < 1.29 is 14.3 Å². The summed E-state index contributed by atoms with van der Waals surface area (Å²) in [6.07, 6.45) is 0.661. The fourth-order valence-corrected chi connectivity index (χ4v) is 1.76. The molecule has 0 spiro atoms. The van der Waals surface area contributed by atoms with E-state index >= 15 is 0 Å². The summed E-state index contributed by atoms with van der Waals surface area (Å²) in [5.74, 6) is 0.0130. The normalized spacial score (nSPS) is 14.2. The van der Waals surface area contributed by atoms with Crippen LogP contribution in [-0.4, -0.2) is 25.1 Å². The molecule has 0 atom stereocenters. The van der Waals surface area contributed by atoms with Crippen molar-refractivity contribution in [2.75, 3.05) is 18.1 Å². The largest absolute Gasteiger partial charge is 0.482 e. The van der Waals surface area contributed by atoms with Crippen LogP contribution in [0.25, 0.3) is 0 Å². The molecule has 1 heterocycles. The summed E-state index contributed by atoms with van der Waals surface area (Å²) in [7, 11) is 0. The first kappa shape index (κ1) is 11.4. The third-order valence-electron chi connectivity index (χ3n) is 2.52. The highest BCUT2D eigenvalue weighted by atomic mass is 16.5. The molecule has 1 aromatic rings. The Morgan fingerprint density at radius 3 is 2.88 bits per heavy atom. The molecule has 0 saturated heterocycles. The third-order valence-corrected chi connectivity index (χ3v) is 2.52. The first-order chi connectivity index (χ1) is 8.13. The summed E-state index contributed by atoms with van der Waals surface area (Å²) in [6, 6.07) is 4.46. The molecule has 6 nitrogen and oxygen atoms in total. The van der Waals surface area contributed by atoms with Gasteiger partial charge in [-0.1, -0.05) is 6.07 Å². The third kappa shape index (κ3) is 2.07. The molecule has 1 aliphatic heterocycles. The number of primary amides is 1. The molecule has 90 valence electrons. The Morgan fingerprint density at radius 1 is 1.47 bits per heavy atom. The molecule has 0 radical (unpaired) electrons. The number of rotatable bonds is 2. The summed E-state index contributed by atoms with van der Waals surface area (Å²) >= 11 is 0. The maximum absolute atomic E-state index is 11.5. The summed E-state index contributed by atoms with van der Waals surface area (Å²) in [4.78, 5) is 23.7.